The normalized spacial score (nSPS) is 26.3. The topological polar surface area (TPSA) is 85.3 Å². The molecule has 132 valence electrons. The lowest BCUT2D eigenvalue weighted by atomic mass is 9.86. The molecule has 3 heterocycles. The van der Waals surface area contributed by atoms with Crippen molar-refractivity contribution in [2.24, 2.45) is 22.6 Å². The number of amides is 1. The van der Waals surface area contributed by atoms with Crippen LogP contribution in [0.5, 0.6) is 0 Å². The fourth-order valence-electron chi connectivity index (χ4n) is 4.41. The van der Waals surface area contributed by atoms with Crippen molar-refractivity contribution >= 4 is 11.7 Å². The summed E-state index contributed by atoms with van der Waals surface area (Å²) in [6.45, 7) is 0. The van der Waals surface area contributed by atoms with E-state index in [4.69, 9.17) is 5.73 Å². The highest BCUT2D eigenvalue weighted by atomic mass is 16.1. The largest absolute Gasteiger partial charge is 0.370 e. The zero-order valence-electron chi connectivity index (χ0n) is 14.3. The molecular weight excluding hydrogens is 314 g/mol. The molecule has 0 spiro atoms. The van der Waals surface area contributed by atoms with Crippen molar-refractivity contribution in [2.45, 2.75) is 50.5 Å². The molecule has 1 amide bonds. The van der Waals surface area contributed by atoms with E-state index >= 15 is 0 Å². The summed E-state index contributed by atoms with van der Waals surface area (Å²) in [5.41, 5.74) is 6.59. The summed E-state index contributed by atoms with van der Waals surface area (Å²) in [5.74, 6) is 1.89. The number of rotatable bonds is 6. The highest BCUT2D eigenvalue weighted by Gasteiger charge is 2.31. The summed E-state index contributed by atoms with van der Waals surface area (Å²) in [6, 6.07) is 0.265. The molecule has 1 saturated carbocycles. The van der Waals surface area contributed by atoms with E-state index in [2.05, 4.69) is 38.4 Å². The molecular formula is C19H25N5O. The average Bonchev–Trinajstić information content (AvgIpc) is 3.36. The fraction of sp³-hybridized carbons (Fsp3) is 0.526. The number of carbonyl (C=O) groups is 1. The Labute approximate surface area is 147 Å². The van der Waals surface area contributed by atoms with Crippen LogP contribution in [-0.2, 0) is 4.79 Å². The first-order valence-electron chi connectivity index (χ1n) is 9.22. The summed E-state index contributed by atoms with van der Waals surface area (Å²) in [5, 5.41) is 7.88. The second-order valence-corrected chi connectivity index (χ2v) is 7.28. The van der Waals surface area contributed by atoms with Crippen LogP contribution in [0.2, 0.25) is 0 Å². The molecule has 1 aliphatic carbocycles. The van der Waals surface area contributed by atoms with E-state index in [1.54, 1.807) is 0 Å². The number of allylic oxidation sites excluding steroid dienone is 1. The number of hydrogen-bond acceptors (Lipinski definition) is 4. The molecule has 0 saturated heterocycles. The molecule has 0 bridgehead atoms. The van der Waals surface area contributed by atoms with E-state index < -0.39 is 0 Å². The number of nitrogens with one attached hydrogen (secondary N) is 1. The second-order valence-electron chi connectivity index (χ2n) is 7.28. The first-order chi connectivity index (χ1) is 12.2. The van der Waals surface area contributed by atoms with Gasteiger partial charge in [-0.15, -0.1) is 0 Å². The smallest absolute Gasteiger partial charge is 0.217 e. The number of fused-ring (bicyclic) bond motifs is 1. The quantitative estimate of drug-likeness (QED) is 0.835. The molecule has 3 unspecified atom stereocenters. The molecule has 6 heteroatoms. The van der Waals surface area contributed by atoms with Gasteiger partial charge in [-0.3, -0.25) is 9.48 Å². The Balaban J connectivity index is 1.55. The van der Waals surface area contributed by atoms with Gasteiger partial charge in [0.2, 0.25) is 5.91 Å². The summed E-state index contributed by atoms with van der Waals surface area (Å²) >= 11 is 0. The van der Waals surface area contributed by atoms with Gasteiger partial charge >= 0.3 is 0 Å². The predicted molar refractivity (Wildman–Crippen MR) is 96.7 cm³/mol. The van der Waals surface area contributed by atoms with Crippen molar-refractivity contribution in [3.8, 4) is 0 Å². The van der Waals surface area contributed by atoms with Gasteiger partial charge in [0.15, 0.2) is 0 Å². The van der Waals surface area contributed by atoms with E-state index in [0.717, 1.165) is 12.3 Å². The van der Waals surface area contributed by atoms with Crippen LogP contribution in [0.15, 0.2) is 41.9 Å². The number of amidine groups is 1. The highest BCUT2D eigenvalue weighted by molar-refractivity contribution is 5.91. The minimum atomic E-state index is -0.228. The minimum Gasteiger partial charge on any atom is -0.370 e. The standard InChI is InChI=1S/C19H25N5O/c20-18(25)6-5-17(13-3-1-2-4-13)24-12-14(11-23-24)15-7-9-21-19-16(15)8-10-22-19/h7-13,15-17H,1-6H2,(H2,20,25)(H,21,22). The molecule has 3 aliphatic rings. The molecule has 25 heavy (non-hydrogen) atoms. The predicted octanol–water partition coefficient (Wildman–Crippen LogP) is 2.62. The Bertz CT molecular complexity index is 726. The number of nitrogens with zero attached hydrogens (tertiary/aromatic N) is 3. The van der Waals surface area contributed by atoms with Gasteiger partial charge in [0, 0.05) is 30.7 Å². The zero-order chi connectivity index (χ0) is 17.2. The van der Waals surface area contributed by atoms with Crippen molar-refractivity contribution in [2.75, 3.05) is 0 Å². The van der Waals surface area contributed by atoms with Gasteiger partial charge in [-0.1, -0.05) is 25.0 Å². The molecule has 0 radical (unpaired) electrons. The average molecular weight is 339 g/mol. The number of aliphatic imine (C=N–C) groups is 1. The van der Waals surface area contributed by atoms with Crippen LogP contribution >= 0.6 is 0 Å². The highest BCUT2D eigenvalue weighted by Crippen LogP contribution is 2.38. The SMILES string of the molecule is NC(=O)CCC(C1CCCC1)n1cc(C2C=CN=C3NC=CC32)cn1. The fourth-order valence-corrected chi connectivity index (χ4v) is 4.41. The molecule has 4 rings (SSSR count). The molecule has 2 aliphatic heterocycles. The van der Waals surface area contributed by atoms with E-state index in [1.165, 1.54) is 31.2 Å². The lowest BCUT2D eigenvalue weighted by Crippen LogP contribution is -2.25. The van der Waals surface area contributed by atoms with Crippen LogP contribution in [0.3, 0.4) is 0 Å². The van der Waals surface area contributed by atoms with Crippen LogP contribution in [0.1, 0.15) is 56.0 Å². The molecule has 3 N–H and O–H groups in total. The Morgan fingerprint density at radius 2 is 2.16 bits per heavy atom. The van der Waals surface area contributed by atoms with Crippen molar-refractivity contribution in [1.82, 2.24) is 15.1 Å². The van der Waals surface area contributed by atoms with Crippen LogP contribution in [0, 0.1) is 11.8 Å². The number of primary amides is 1. The van der Waals surface area contributed by atoms with Gasteiger partial charge in [0.25, 0.3) is 0 Å². The number of carbonyl (C=O) groups excluding carboxylic acids is 1. The maximum Gasteiger partial charge on any atom is 0.217 e. The van der Waals surface area contributed by atoms with Gasteiger partial charge in [-0.25, -0.2) is 4.99 Å². The van der Waals surface area contributed by atoms with Gasteiger partial charge in [0.05, 0.1) is 12.2 Å². The number of hydrogen-bond donors (Lipinski definition) is 2. The summed E-state index contributed by atoms with van der Waals surface area (Å²) in [6.07, 6.45) is 18.4. The Morgan fingerprint density at radius 3 is 2.96 bits per heavy atom. The van der Waals surface area contributed by atoms with E-state index in [9.17, 15) is 4.79 Å². The Hall–Kier alpha value is -2.37. The Kier molecular flexibility index (Phi) is 4.42. The van der Waals surface area contributed by atoms with Gasteiger partial charge in [-0.05, 0) is 36.9 Å². The third kappa shape index (κ3) is 3.25. The third-order valence-electron chi connectivity index (χ3n) is 5.72. The molecule has 1 fully saturated rings. The van der Waals surface area contributed by atoms with Crippen molar-refractivity contribution in [3.05, 3.63) is 42.5 Å². The maximum atomic E-state index is 11.3. The molecule has 1 aromatic rings. The molecule has 0 aromatic carbocycles. The third-order valence-corrected chi connectivity index (χ3v) is 5.72. The van der Waals surface area contributed by atoms with Crippen LogP contribution in [0.4, 0.5) is 0 Å². The van der Waals surface area contributed by atoms with Crippen LogP contribution in [0.25, 0.3) is 0 Å². The van der Waals surface area contributed by atoms with Crippen molar-refractivity contribution in [1.29, 1.82) is 0 Å². The molecule has 3 atom stereocenters. The Morgan fingerprint density at radius 1 is 1.32 bits per heavy atom. The van der Waals surface area contributed by atoms with E-state index in [-0.39, 0.29) is 23.8 Å². The lowest BCUT2D eigenvalue weighted by molar-refractivity contribution is -0.118. The van der Waals surface area contributed by atoms with Gasteiger partial charge in [-0.2, -0.15) is 5.10 Å². The van der Waals surface area contributed by atoms with Crippen molar-refractivity contribution < 1.29 is 4.79 Å². The number of nitrogens with two attached hydrogens (primary N) is 1. The molecule has 6 nitrogen and oxygen atoms in total. The number of aromatic nitrogens is 2. The van der Waals surface area contributed by atoms with Crippen LogP contribution < -0.4 is 11.1 Å². The summed E-state index contributed by atoms with van der Waals surface area (Å²) < 4.78 is 2.08. The van der Waals surface area contributed by atoms with Gasteiger partial charge < -0.3 is 11.1 Å². The lowest BCUT2D eigenvalue weighted by Gasteiger charge is -2.24. The molecule has 1 aromatic heterocycles. The van der Waals surface area contributed by atoms with Gasteiger partial charge in [0.1, 0.15) is 5.84 Å². The first kappa shape index (κ1) is 16.1. The van der Waals surface area contributed by atoms with Crippen LogP contribution in [-0.4, -0.2) is 21.5 Å². The maximum absolute atomic E-state index is 11.3. The zero-order valence-corrected chi connectivity index (χ0v) is 14.3. The summed E-state index contributed by atoms with van der Waals surface area (Å²) in [7, 11) is 0. The minimum absolute atomic E-state index is 0.228. The first-order valence-corrected chi connectivity index (χ1v) is 9.22. The van der Waals surface area contributed by atoms with E-state index in [0.29, 0.717) is 12.3 Å². The monoisotopic (exact) mass is 339 g/mol. The summed E-state index contributed by atoms with van der Waals surface area (Å²) in [4.78, 5) is 15.7. The van der Waals surface area contributed by atoms with E-state index in [1.807, 2.05) is 18.6 Å². The second kappa shape index (κ2) is 6.86. The van der Waals surface area contributed by atoms with Crippen molar-refractivity contribution in [3.63, 3.8) is 0 Å².